The Bertz CT molecular complexity index is 6050. The molecule has 1 heterocycles. The van der Waals surface area contributed by atoms with E-state index in [1.165, 1.54) is 94.6 Å². The first-order valence-corrected chi connectivity index (χ1v) is 35.3. The van der Waals surface area contributed by atoms with E-state index in [0.29, 0.717) is 17.5 Å². The van der Waals surface area contributed by atoms with Gasteiger partial charge in [-0.05, 0) is 210 Å². The molecule has 0 saturated carbocycles. The van der Waals surface area contributed by atoms with Gasteiger partial charge in [0.25, 0.3) is 0 Å². The third-order valence-electron chi connectivity index (χ3n) is 21.0. The zero-order valence-corrected chi connectivity index (χ0v) is 56.4. The van der Waals surface area contributed by atoms with Gasteiger partial charge in [-0.25, -0.2) is 15.0 Å². The lowest BCUT2D eigenvalue weighted by atomic mass is 9.70. The highest BCUT2D eigenvalue weighted by atomic mass is 15.0. The summed E-state index contributed by atoms with van der Waals surface area (Å²) >= 11 is 0. The van der Waals surface area contributed by atoms with E-state index in [4.69, 9.17) is 15.0 Å². The molecule has 0 fully saturated rings. The number of fused-ring (bicyclic) bond motifs is 10. The first-order valence-electron chi connectivity index (χ1n) is 35.3. The van der Waals surface area contributed by atoms with E-state index >= 15 is 0 Å². The maximum absolute atomic E-state index is 5.31. The quantitative estimate of drug-likeness (QED) is 0.115. The van der Waals surface area contributed by atoms with Crippen molar-refractivity contribution in [2.24, 2.45) is 0 Å². The molecule has 2 aliphatic carbocycles. The fourth-order valence-corrected chi connectivity index (χ4v) is 15.9. The van der Waals surface area contributed by atoms with Crippen LogP contribution < -0.4 is 0 Å². The Kier molecular flexibility index (Phi) is 15.1. The van der Waals surface area contributed by atoms with Crippen LogP contribution in [0.15, 0.2) is 394 Å². The molecule has 19 rings (SSSR count). The lowest BCUT2D eigenvalue weighted by molar-refractivity contribution is 0.794. The van der Waals surface area contributed by atoms with E-state index in [2.05, 4.69) is 394 Å². The zero-order valence-electron chi connectivity index (χ0n) is 56.4. The first-order chi connectivity index (χ1) is 51.0. The number of nitrogens with zero attached hydrogens (tertiary/aromatic N) is 3. The number of benzene rings is 16. The van der Waals surface area contributed by atoms with Gasteiger partial charge in [0.2, 0.25) is 0 Å². The number of aromatic nitrogens is 3. The minimum absolute atomic E-state index is 0.397. The Hall–Kier alpha value is -13.5. The van der Waals surface area contributed by atoms with E-state index in [9.17, 15) is 0 Å². The molecule has 480 valence electrons. The van der Waals surface area contributed by atoms with Crippen LogP contribution >= 0.6 is 0 Å². The van der Waals surface area contributed by atoms with Crippen LogP contribution in [0.2, 0.25) is 0 Å². The topological polar surface area (TPSA) is 38.7 Å². The summed E-state index contributed by atoms with van der Waals surface area (Å²) in [4.78, 5) is 15.9. The monoisotopic (exact) mass is 1310 g/mol. The molecule has 0 radical (unpaired) electrons. The summed E-state index contributed by atoms with van der Waals surface area (Å²) in [5.74, 6) is 1.79. The SMILES string of the molecule is c1ccc(-c2cccc(-c3cccc(-c4ccc(-c5nc(-c6ccc(-c7cccc(-c8cccc(-c9cccc(-c%10ccc%11c(c%10)C%10(c%12ccccc%12-c%12ccccc%12%10)c%10ccccc%10-%11)c9)c8)c7)cc6)nc(-c6cccc(-c7cccc(-c8cccc(-c9ccccc9)c8)c7)c6)n5)cc4)c3)c2)cc1. The van der Waals surface area contributed by atoms with Gasteiger partial charge in [-0.3, -0.25) is 0 Å². The molecule has 0 bridgehead atoms. The fraction of sp³-hybridized carbons (Fsp3) is 0.0100. The lowest BCUT2D eigenvalue weighted by Crippen LogP contribution is -2.25. The molecule has 16 aromatic carbocycles. The summed E-state index contributed by atoms with van der Waals surface area (Å²) in [7, 11) is 0. The maximum atomic E-state index is 5.31. The van der Waals surface area contributed by atoms with Crippen molar-refractivity contribution in [3.8, 4) is 168 Å². The first kappa shape index (κ1) is 60.7. The molecule has 0 amide bonds. The van der Waals surface area contributed by atoms with Gasteiger partial charge in [-0.2, -0.15) is 0 Å². The number of hydrogen-bond donors (Lipinski definition) is 0. The second-order valence-electron chi connectivity index (χ2n) is 27.0. The maximum Gasteiger partial charge on any atom is 0.164 e. The summed E-state index contributed by atoms with van der Waals surface area (Å²) in [6, 6.07) is 143. The van der Waals surface area contributed by atoms with Gasteiger partial charge in [-0.15, -0.1) is 0 Å². The standard InChI is InChI=1S/C100H65N3/c1-3-21-66(22-4-1)72-25-13-29-76(57-72)78-31-15-27-74(59-78)68-47-51-70(52-48-68)97-101-98(103-99(102-97)88-40-20-39-86(64-88)84-37-18-34-81(62-84)77-30-14-26-73(58-77)67-23-5-2-6-24-67)71-53-49-69(50-54-71)75-28-16-32-79(60-75)80-33-17-35-82(61-80)83-36-19-38-85(63-83)87-55-56-92-91-43-9-12-46-95(91)100(96(92)65-87)93-44-10-7-41-89(93)90-42-8-11-45-94(90)100/h1-65H. The van der Waals surface area contributed by atoms with Crippen LogP contribution in [0, 0.1) is 0 Å². The summed E-state index contributed by atoms with van der Waals surface area (Å²) in [6.07, 6.45) is 0. The fourth-order valence-electron chi connectivity index (χ4n) is 15.9. The van der Waals surface area contributed by atoms with E-state index in [1.807, 2.05) is 0 Å². The molecule has 3 nitrogen and oxygen atoms in total. The van der Waals surface area contributed by atoms with Gasteiger partial charge >= 0.3 is 0 Å². The molecule has 103 heavy (non-hydrogen) atoms. The summed E-state index contributed by atoms with van der Waals surface area (Å²) in [6.45, 7) is 0. The average molecular weight is 1310 g/mol. The zero-order chi connectivity index (χ0) is 68.2. The molecule has 0 N–H and O–H groups in total. The molecule has 1 spiro atoms. The van der Waals surface area contributed by atoms with Crippen molar-refractivity contribution in [1.82, 2.24) is 15.0 Å². The number of hydrogen-bond acceptors (Lipinski definition) is 3. The minimum atomic E-state index is -0.397. The van der Waals surface area contributed by atoms with Crippen molar-refractivity contribution >= 4 is 0 Å². The molecule has 0 atom stereocenters. The van der Waals surface area contributed by atoms with Crippen LogP contribution in [0.1, 0.15) is 22.3 Å². The molecule has 2 aliphatic rings. The van der Waals surface area contributed by atoms with Crippen LogP contribution in [-0.4, -0.2) is 15.0 Å². The molecule has 0 saturated heterocycles. The average Bonchev–Trinajstić information content (AvgIpc) is 1.51. The Morgan fingerprint density at radius 3 is 0.631 bits per heavy atom. The van der Waals surface area contributed by atoms with Crippen LogP contribution in [0.3, 0.4) is 0 Å². The van der Waals surface area contributed by atoms with Gasteiger partial charge < -0.3 is 0 Å². The van der Waals surface area contributed by atoms with Gasteiger partial charge in [0, 0.05) is 16.7 Å². The van der Waals surface area contributed by atoms with E-state index < -0.39 is 5.41 Å². The summed E-state index contributed by atoms with van der Waals surface area (Å²) in [5, 5.41) is 0. The third kappa shape index (κ3) is 11.1. The van der Waals surface area contributed by atoms with Gasteiger partial charge in [0.1, 0.15) is 0 Å². The van der Waals surface area contributed by atoms with E-state index in [0.717, 1.165) is 77.9 Å². The Morgan fingerprint density at radius 2 is 0.320 bits per heavy atom. The molecule has 0 aliphatic heterocycles. The molecular formula is C100H65N3. The Morgan fingerprint density at radius 1 is 0.126 bits per heavy atom. The predicted molar refractivity (Wildman–Crippen MR) is 427 cm³/mol. The van der Waals surface area contributed by atoms with E-state index in [-0.39, 0.29) is 0 Å². The largest absolute Gasteiger partial charge is 0.208 e. The van der Waals surface area contributed by atoms with Gasteiger partial charge in [0.15, 0.2) is 17.5 Å². The van der Waals surface area contributed by atoms with Crippen molar-refractivity contribution in [3.05, 3.63) is 417 Å². The lowest BCUT2D eigenvalue weighted by Gasteiger charge is -2.30. The molecule has 17 aromatic rings. The second kappa shape index (κ2) is 25.7. The highest BCUT2D eigenvalue weighted by molar-refractivity contribution is 5.96. The normalized spacial score (nSPS) is 12.2. The van der Waals surface area contributed by atoms with Crippen LogP contribution in [0.25, 0.3) is 168 Å². The van der Waals surface area contributed by atoms with Crippen molar-refractivity contribution in [3.63, 3.8) is 0 Å². The predicted octanol–water partition coefficient (Wildman–Crippen LogP) is 25.9. The van der Waals surface area contributed by atoms with Gasteiger partial charge in [-0.1, -0.05) is 340 Å². The Balaban J connectivity index is 0.629. The van der Waals surface area contributed by atoms with Crippen molar-refractivity contribution in [2.75, 3.05) is 0 Å². The molecule has 0 unspecified atom stereocenters. The van der Waals surface area contributed by atoms with Crippen molar-refractivity contribution < 1.29 is 0 Å². The molecule has 1 aromatic heterocycles. The van der Waals surface area contributed by atoms with Crippen molar-refractivity contribution in [2.45, 2.75) is 5.41 Å². The highest BCUT2D eigenvalue weighted by Gasteiger charge is 2.51. The number of rotatable bonds is 13. The summed E-state index contributed by atoms with van der Waals surface area (Å²) in [5.41, 5.74) is 36.0. The van der Waals surface area contributed by atoms with Crippen LogP contribution in [-0.2, 0) is 5.41 Å². The molecule has 3 heteroatoms. The Labute approximate surface area is 600 Å². The highest BCUT2D eigenvalue weighted by Crippen LogP contribution is 2.63. The van der Waals surface area contributed by atoms with E-state index in [1.54, 1.807) is 0 Å². The molecular weight excluding hydrogens is 1240 g/mol. The van der Waals surface area contributed by atoms with Crippen molar-refractivity contribution in [1.29, 1.82) is 0 Å². The summed E-state index contributed by atoms with van der Waals surface area (Å²) < 4.78 is 0. The second-order valence-corrected chi connectivity index (χ2v) is 27.0. The minimum Gasteiger partial charge on any atom is -0.208 e. The third-order valence-corrected chi connectivity index (χ3v) is 21.0. The van der Waals surface area contributed by atoms with Crippen LogP contribution in [0.5, 0.6) is 0 Å². The van der Waals surface area contributed by atoms with Crippen LogP contribution in [0.4, 0.5) is 0 Å². The smallest absolute Gasteiger partial charge is 0.164 e. The van der Waals surface area contributed by atoms with Gasteiger partial charge in [0.05, 0.1) is 5.41 Å².